The second-order valence-electron chi connectivity index (χ2n) is 3.76. The van der Waals surface area contributed by atoms with Gasteiger partial charge in [0.2, 0.25) is 0 Å². The quantitative estimate of drug-likeness (QED) is 0.701. The Morgan fingerprint density at radius 3 is 2.50 bits per heavy atom. The van der Waals surface area contributed by atoms with Crippen LogP contribution >= 0.6 is 0 Å². The predicted molar refractivity (Wildman–Crippen MR) is 60.1 cm³/mol. The van der Waals surface area contributed by atoms with Crippen molar-refractivity contribution in [3.8, 4) is 0 Å². The van der Waals surface area contributed by atoms with E-state index < -0.39 is 0 Å². The molecule has 1 saturated heterocycles. The Labute approximate surface area is 86.8 Å². The maximum Gasteiger partial charge on any atom is 0.0469 e. The molecule has 0 saturated carbocycles. The first-order valence-electron chi connectivity index (χ1n) is 5.41. The molecule has 1 aliphatic rings. The zero-order valence-electron chi connectivity index (χ0n) is 9.20. The summed E-state index contributed by atoms with van der Waals surface area (Å²) in [6, 6.07) is 0.181. The molecular weight excluding hydrogens is 174 g/mol. The maximum absolute atomic E-state index is 6.21. The highest BCUT2D eigenvalue weighted by molar-refractivity contribution is 5.24. The molecule has 0 amide bonds. The van der Waals surface area contributed by atoms with E-state index in [0.29, 0.717) is 5.92 Å². The molecule has 1 rings (SSSR count). The average Bonchev–Trinajstić information content (AvgIpc) is 2.26. The van der Waals surface area contributed by atoms with E-state index in [1.54, 1.807) is 0 Å². The smallest absolute Gasteiger partial charge is 0.0469 e. The van der Waals surface area contributed by atoms with Crippen LogP contribution in [0.25, 0.3) is 0 Å². The van der Waals surface area contributed by atoms with E-state index in [-0.39, 0.29) is 6.04 Å². The fraction of sp³-hybridized carbons (Fsp3) is 0.667. The summed E-state index contributed by atoms with van der Waals surface area (Å²) in [4.78, 5) is 0. The van der Waals surface area contributed by atoms with Crippen LogP contribution in [0.2, 0.25) is 0 Å². The Hall–Kier alpha value is -0.600. The molecule has 0 spiro atoms. The van der Waals surface area contributed by atoms with Crippen molar-refractivity contribution >= 4 is 0 Å². The number of hydrogen-bond acceptors (Lipinski definition) is 2. The van der Waals surface area contributed by atoms with Gasteiger partial charge in [-0.3, -0.25) is 0 Å². The Bertz CT molecular complexity index is 214. The van der Waals surface area contributed by atoms with Gasteiger partial charge in [-0.25, -0.2) is 0 Å². The van der Waals surface area contributed by atoms with Gasteiger partial charge in [0.1, 0.15) is 0 Å². The molecule has 1 unspecified atom stereocenters. The van der Waals surface area contributed by atoms with Crippen LogP contribution in [0.15, 0.2) is 23.8 Å². The van der Waals surface area contributed by atoms with Crippen molar-refractivity contribution < 1.29 is 4.74 Å². The van der Waals surface area contributed by atoms with Gasteiger partial charge in [0.15, 0.2) is 0 Å². The van der Waals surface area contributed by atoms with Crippen LogP contribution < -0.4 is 5.73 Å². The third-order valence-electron chi connectivity index (χ3n) is 2.85. The summed E-state index contributed by atoms with van der Waals surface area (Å²) in [5, 5.41) is 0. The van der Waals surface area contributed by atoms with Crippen LogP contribution in [-0.2, 0) is 4.74 Å². The molecule has 0 aliphatic carbocycles. The van der Waals surface area contributed by atoms with Gasteiger partial charge in [-0.2, -0.15) is 0 Å². The SMILES string of the molecule is CC=CC(=CC)C(N)C1CCOCC1. The average molecular weight is 195 g/mol. The lowest BCUT2D eigenvalue weighted by Gasteiger charge is -2.28. The summed E-state index contributed by atoms with van der Waals surface area (Å²) in [6.45, 7) is 5.81. The molecule has 1 heterocycles. The summed E-state index contributed by atoms with van der Waals surface area (Å²) < 4.78 is 5.33. The lowest BCUT2D eigenvalue weighted by Crippen LogP contribution is -2.35. The highest BCUT2D eigenvalue weighted by atomic mass is 16.5. The lowest BCUT2D eigenvalue weighted by molar-refractivity contribution is 0.0621. The van der Waals surface area contributed by atoms with Gasteiger partial charge in [-0.15, -0.1) is 0 Å². The first kappa shape index (κ1) is 11.5. The van der Waals surface area contributed by atoms with Gasteiger partial charge >= 0.3 is 0 Å². The van der Waals surface area contributed by atoms with Crippen LogP contribution in [0, 0.1) is 5.92 Å². The van der Waals surface area contributed by atoms with Crippen LogP contribution in [0.5, 0.6) is 0 Å². The van der Waals surface area contributed by atoms with E-state index >= 15 is 0 Å². The molecule has 80 valence electrons. The van der Waals surface area contributed by atoms with Crippen LogP contribution in [0.4, 0.5) is 0 Å². The Balaban J connectivity index is 2.56. The van der Waals surface area contributed by atoms with Gasteiger partial charge in [0, 0.05) is 19.3 Å². The molecule has 2 heteroatoms. The van der Waals surface area contributed by atoms with Gasteiger partial charge in [0.25, 0.3) is 0 Å². The molecule has 1 aliphatic heterocycles. The molecule has 2 N–H and O–H groups in total. The van der Waals surface area contributed by atoms with Crippen LogP contribution in [-0.4, -0.2) is 19.3 Å². The first-order chi connectivity index (χ1) is 6.79. The Morgan fingerprint density at radius 2 is 2.00 bits per heavy atom. The van der Waals surface area contributed by atoms with Gasteiger partial charge in [0.05, 0.1) is 0 Å². The van der Waals surface area contributed by atoms with Crippen LogP contribution in [0.3, 0.4) is 0 Å². The highest BCUT2D eigenvalue weighted by Crippen LogP contribution is 2.22. The summed E-state index contributed by atoms with van der Waals surface area (Å²) in [6.07, 6.45) is 8.46. The van der Waals surface area contributed by atoms with E-state index in [4.69, 9.17) is 10.5 Å². The van der Waals surface area contributed by atoms with Crippen molar-refractivity contribution in [1.82, 2.24) is 0 Å². The highest BCUT2D eigenvalue weighted by Gasteiger charge is 2.22. The standard InChI is InChI=1S/C12H21NO/c1-3-5-10(4-2)12(13)11-6-8-14-9-7-11/h3-5,11-12H,6-9,13H2,1-2H3. The van der Waals surface area contributed by atoms with Crippen molar-refractivity contribution in [2.45, 2.75) is 32.7 Å². The summed E-state index contributed by atoms with van der Waals surface area (Å²) in [5.74, 6) is 0.589. The maximum atomic E-state index is 6.21. The van der Waals surface area contributed by atoms with E-state index in [1.807, 2.05) is 6.92 Å². The van der Waals surface area contributed by atoms with Crippen molar-refractivity contribution in [2.75, 3.05) is 13.2 Å². The van der Waals surface area contributed by atoms with Gasteiger partial charge in [-0.1, -0.05) is 18.2 Å². The topological polar surface area (TPSA) is 35.2 Å². The normalized spacial score (nSPS) is 22.9. The largest absolute Gasteiger partial charge is 0.381 e. The zero-order valence-corrected chi connectivity index (χ0v) is 9.20. The monoisotopic (exact) mass is 195 g/mol. The fourth-order valence-electron chi connectivity index (χ4n) is 1.94. The van der Waals surface area contributed by atoms with E-state index in [1.165, 1.54) is 5.57 Å². The number of allylic oxidation sites excluding steroid dienone is 2. The third-order valence-corrected chi connectivity index (χ3v) is 2.85. The van der Waals surface area contributed by atoms with Crippen molar-refractivity contribution in [3.05, 3.63) is 23.8 Å². The molecule has 0 aromatic carbocycles. The Morgan fingerprint density at radius 1 is 1.36 bits per heavy atom. The molecule has 1 atom stereocenters. The Kier molecular flexibility index (Phi) is 4.91. The first-order valence-corrected chi connectivity index (χ1v) is 5.41. The molecule has 1 fully saturated rings. The number of ether oxygens (including phenoxy) is 1. The minimum absolute atomic E-state index is 0.181. The number of rotatable bonds is 3. The third kappa shape index (κ3) is 2.96. The lowest BCUT2D eigenvalue weighted by atomic mass is 9.87. The molecule has 14 heavy (non-hydrogen) atoms. The second kappa shape index (κ2) is 5.99. The van der Waals surface area contributed by atoms with Crippen molar-refractivity contribution in [2.24, 2.45) is 11.7 Å². The predicted octanol–water partition coefficient (Wildman–Crippen LogP) is 2.26. The molecule has 0 aromatic heterocycles. The van der Waals surface area contributed by atoms with Crippen LogP contribution in [0.1, 0.15) is 26.7 Å². The summed E-state index contributed by atoms with van der Waals surface area (Å²) in [5.41, 5.74) is 7.46. The summed E-state index contributed by atoms with van der Waals surface area (Å²) in [7, 11) is 0. The van der Waals surface area contributed by atoms with Crippen molar-refractivity contribution in [3.63, 3.8) is 0 Å². The van der Waals surface area contributed by atoms with Crippen molar-refractivity contribution in [1.29, 1.82) is 0 Å². The van der Waals surface area contributed by atoms with Gasteiger partial charge < -0.3 is 10.5 Å². The second-order valence-corrected chi connectivity index (χ2v) is 3.76. The van der Waals surface area contributed by atoms with E-state index in [2.05, 4.69) is 25.2 Å². The van der Waals surface area contributed by atoms with E-state index in [0.717, 1.165) is 26.1 Å². The van der Waals surface area contributed by atoms with Gasteiger partial charge in [-0.05, 0) is 38.2 Å². The van der Waals surface area contributed by atoms with E-state index in [9.17, 15) is 0 Å². The molecule has 0 bridgehead atoms. The molecule has 0 aromatic rings. The number of nitrogens with two attached hydrogens (primary N) is 1. The number of hydrogen-bond donors (Lipinski definition) is 1. The molecular formula is C12H21NO. The minimum Gasteiger partial charge on any atom is -0.381 e. The summed E-state index contributed by atoms with van der Waals surface area (Å²) >= 11 is 0. The fourth-order valence-corrected chi connectivity index (χ4v) is 1.94. The minimum atomic E-state index is 0.181. The molecule has 0 radical (unpaired) electrons. The molecule has 2 nitrogen and oxygen atoms in total. The zero-order chi connectivity index (χ0) is 10.4.